The second-order valence-corrected chi connectivity index (χ2v) is 1.68. The van der Waals surface area contributed by atoms with E-state index in [0.717, 1.165) is 0 Å². The van der Waals surface area contributed by atoms with Crippen molar-refractivity contribution in [2.24, 2.45) is 0 Å². The summed E-state index contributed by atoms with van der Waals surface area (Å²) in [4.78, 5) is 0. The molecule has 0 aromatic rings. The minimum absolute atomic E-state index is 0. The summed E-state index contributed by atoms with van der Waals surface area (Å²) in [5.74, 6) is 0. The van der Waals surface area contributed by atoms with Gasteiger partial charge in [-0.15, -0.1) is 0 Å². The van der Waals surface area contributed by atoms with Crippen LogP contribution >= 0.6 is 0 Å². The van der Waals surface area contributed by atoms with Crippen LogP contribution in [0.3, 0.4) is 0 Å². The molecule has 0 aromatic carbocycles. The number of hydrogen-bond donors (Lipinski definition) is 0. The summed E-state index contributed by atoms with van der Waals surface area (Å²) in [5, 5.41) is 0. The molecule has 0 atom stereocenters. The van der Waals surface area contributed by atoms with Gasteiger partial charge < -0.3 is 5.48 Å². The molecule has 0 saturated heterocycles. The van der Waals surface area contributed by atoms with Crippen molar-refractivity contribution in [3.05, 3.63) is 0 Å². The van der Waals surface area contributed by atoms with E-state index >= 15 is 0 Å². The van der Waals surface area contributed by atoms with Crippen molar-refractivity contribution < 1.29 is 52.1 Å². The molecule has 0 aliphatic heterocycles. The van der Waals surface area contributed by atoms with Gasteiger partial charge in [0.15, 0.2) is 0 Å². The molecule has 7 heteroatoms. The second kappa shape index (κ2) is 4.69. The summed E-state index contributed by atoms with van der Waals surface area (Å²) in [7, 11) is 0. The van der Waals surface area contributed by atoms with Gasteiger partial charge in [-0.25, -0.2) is 0 Å². The zero-order chi connectivity index (χ0) is 4.50. The molecule has 0 fully saturated rings. The molecule has 44 valence electrons. The Bertz CT molecular complexity index is 91.2. The summed E-state index contributed by atoms with van der Waals surface area (Å²) in [5.41, 5.74) is 0. The molecule has 7 heavy (non-hydrogen) atoms. The van der Waals surface area contributed by atoms with E-state index < -0.39 is 13.6 Å². The fourth-order valence-electron chi connectivity index (χ4n) is 0. The van der Waals surface area contributed by atoms with E-state index in [0.29, 0.717) is 0 Å². The maximum atomic E-state index is 8.59. The summed E-state index contributed by atoms with van der Waals surface area (Å²) in [6.07, 6.45) is 0. The van der Waals surface area contributed by atoms with Crippen molar-refractivity contribution in [3.8, 4) is 0 Å². The van der Waals surface area contributed by atoms with Crippen LogP contribution in [-0.2, 0) is 43.8 Å². The molecule has 0 amide bonds. The zero-order valence-corrected chi connectivity index (χ0v) is 5.18. The molecule has 0 aromatic heterocycles. The predicted octanol–water partition coefficient (Wildman–Crippen LogP) is -2.74. The first kappa shape index (κ1) is 15.6. The van der Waals surface area contributed by atoms with Gasteiger partial charge in [-0.05, 0) is 0 Å². The summed E-state index contributed by atoms with van der Waals surface area (Å²) in [6, 6.07) is 0. The van der Waals surface area contributed by atoms with Gasteiger partial charge >= 0.3 is 46.6 Å². The van der Waals surface area contributed by atoms with Crippen LogP contribution in [0.15, 0.2) is 0 Å². The predicted molar refractivity (Wildman–Crippen MR) is 2.06 cm³/mol. The zero-order valence-electron chi connectivity index (χ0n) is 2.80. The summed E-state index contributed by atoms with van der Waals surface area (Å²) >= 11 is -5.75. The van der Waals surface area contributed by atoms with E-state index in [2.05, 4.69) is 0 Å². The van der Waals surface area contributed by atoms with Crippen molar-refractivity contribution in [1.82, 2.24) is 0 Å². The first-order valence-electron chi connectivity index (χ1n) is 0.667. The van der Waals surface area contributed by atoms with Gasteiger partial charge in [0, 0.05) is 0 Å². The van der Waals surface area contributed by atoms with E-state index in [1.807, 2.05) is 0 Å². The van der Waals surface area contributed by atoms with Gasteiger partial charge in [-0.2, -0.15) is 0 Å². The molecular weight excluding hydrogens is 188 g/mol. The summed E-state index contributed by atoms with van der Waals surface area (Å²) < 4.78 is 34.4. The third-order valence-electron chi connectivity index (χ3n) is 0. The Labute approximate surface area is 52.5 Å². The van der Waals surface area contributed by atoms with Crippen LogP contribution in [0.1, 0.15) is 0 Å². The molecule has 0 rings (SSSR count). The molecule has 0 aliphatic rings. The van der Waals surface area contributed by atoms with Crippen LogP contribution in [-0.4, -0.2) is 0 Å². The molecule has 0 bridgehead atoms. The van der Waals surface area contributed by atoms with Crippen molar-refractivity contribution in [3.63, 3.8) is 0 Å². The fraction of sp³-hybridized carbons (Fsp3) is 0. The van der Waals surface area contributed by atoms with Gasteiger partial charge in [0.2, 0.25) is 0 Å². The third-order valence-corrected chi connectivity index (χ3v) is 0. The molecule has 0 aliphatic carbocycles. The quantitative estimate of drug-likeness (QED) is 0.384. The molecule has 0 radical (unpaired) electrons. The Balaban J connectivity index is -0.0000000800. The van der Waals surface area contributed by atoms with Gasteiger partial charge in [0.25, 0.3) is 0 Å². The van der Waals surface area contributed by atoms with Crippen LogP contribution in [0.25, 0.3) is 0 Å². The van der Waals surface area contributed by atoms with Gasteiger partial charge in [0.1, 0.15) is 0 Å². The summed E-state index contributed by atoms with van der Waals surface area (Å²) in [6.45, 7) is 0. The Morgan fingerprint density at radius 3 is 1.14 bits per heavy atom. The van der Waals surface area contributed by atoms with Crippen molar-refractivity contribution in [2.75, 3.05) is 0 Å². The SMILES string of the molecule is [Fe+4].[O-2].[O]=[Cr](=[O])([O-])[O-]. The van der Waals surface area contributed by atoms with E-state index in [-0.39, 0.29) is 22.5 Å². The standard InChI is InChI=1S/Cr.Fe.5O/q;+4;;;-2;2*-1. The Morgan fingerprint density at radius 1 is 1.14 bits per heavy atom. The average Bonchev–Trinajstić information content (AvgIpc) is 0.722. The first-order valence-corrected chi connectivity index (χ1v) is 2.75. The van der Waals surface area contributed by atoms with Crippen molar-refractivity contribution in [2.45, 2.75) is 0 Å². The van der Waals surface area contributed by atoms with E-state index in [9.17, 15) is 0 Å². The molecule has 0 N–H and O–H groups in total. The topological polar surface area (TPSA) is 109 Å². The Morgan fingerprint density at radius 2 is 1.14 bits per heavy atom. The van der Waals surface area contributed by atoms with E-state index in [4.69, 9.17) is 15.9 Å². The van der Waals surface area contributed by atoms with Crippen molar-refractivity contribution >= 4 is 0 Å². The monoisotopic (exact) mass is 188 g/mol. The van der Waals surface area contributed by atoms with Gasteiger partial charge in [-0.3, -0.25) is 0 Å². The maximum absolute atomic E-state index is 8.59. The Kier molecular flexibility index (Phi) is 10.5. The van der Waals surface area contributed by atoms with E-state index in [1.54, 1.807) is 0 Å². The average molecular weight is 188 g/mol. The minimum atomic E-state index is -5.75. The van der Waals surface area contributed by atoms with Crippen LogP contribution in [0.4, 0.5) is 0 Å². The molecule has 0 unspecified atom stereocenters. The van der Waals surface area contributed by atoms with Gasteiger partial charge in [-0.1, -0.05) is 0 Å². The van der Waals surface area contributed by atoms with Crippen LogP contribution in [0, 0.1) is 0 Å². The fourth-order valence-corrected chi connectivity index (χ4v) is 0. The second-order valence-electron chi connectivity index (χ2n) is 0.408. The number of rotatable bonds is 0. The molecule has 0 saturated carbocycles. The molecule has 0 spiro atoms. The Hall–Kier alpha value is 0.532. The van der Waals surface area contributed by atoms with Crippen LogP contribution in [0.2, 0.25) is 0 Å². The van der Waals surface area contributed by atoms with Gasteiger partial charge in [0.05, 0.1) is 0 Å². The number of hydrogen-bond acceptors (Lipinski definition) is 4. The normalized spacial score (nSPS) is 8.29. The van der Waals surface area contributed by atoms with E-state index in [1.165, 1.54) is 0 Å². The third kappa shape index (κ3) is 474. The molecule has 0 heterocycles. The molecule has 5 nitrogen and oxygen atoms in total. The molecular formula is CrFeO5. The van der Waals surface area contributed by atoms with Crippen molar-refractivity contribution in [1.29, 1.82) is 0 Å². The van der Waals surface area contributed by atoms with Crippen LogP contribution < -0.4 is 8.32 Å². The first-order chi connectivity index (χ1) is 2.00. The van der Waals surface area contributed by atoms with Crippen LogP contribution in [0.5, 0.6) is 0 Å².